The molecule has 0 spiro atoms. The fourth-order valence-electron chi connectivity index (χ4n) is 6.22. The molecule has 0 aromatic carbocycles. The highest BCUT2D eigenvalue weighted by Crippen LogP contribution is 2.41. The number of rotatable bonds is 13. The molecule has 2 aliphatic carbocycles. The lowest BCUT2D eigenvalue weighted by Gasteiger charge is -2.36. The first-order valence-electron chi connectivity index (χ1n) is 16.4. The van der Waals surface area contributed by atoms with Crippen molar-refractivity contribution in [1.29, 1.82) is 0 Å². The van der Waals surface area contributed by atoms with Gasteiger partial charge in [0.2, 0.25) is 0 Å². The molecule has 42 heavy (non-hydrogen) atoms. The van der Waals surface area contributed by atoms with E-state index in [0.717, 1.165) is 32.1 Å². The van der Waals surface area contributed by atoms with Crippen LogP contribution < -0.4 is 0 Å². The first-order valence-corrected chi connectivity index (χ1v) is 16.4. The first kappa shape index (κ1) is 36.0. The summed E-state index contributed by atoms with van der Waals surface area (Å²) in [7, 11) is 0. The first-order chi connectivity index (χ1) is 19.6. The largest absolute Gasteiger partial charge is 0.393 e. The van der Waals surface area contributed by atoms with Gasteiger partial charge in [-0.25, -0.2) is 0 Å². The van der Waals surface area contributed by atoms with Crippen molar-refractivity contribution in [3.8, 4) is 0 Å². The second-order valence-corrected chi connectivity index (χ2v) is 14.8. The summed E-state index contributed by atoms with van der Waals surface area (Å²) >= 11 is 0. The van der Waals surface area contributed by atoms with Crippen molar-refractivity contribution in [1.82, 2.24) is 0 Å². The molecule has 4 unspecified atom stereocenters. The van der Waals surface area contributed by atoms with Crippen LogP contribution in [0.4, 0.5) is 0 Å². The third kappa shape index (κ3) is 12.2. The molecule has 0 radical (unpaired) electrons. The highest BCUT2D eigenvalue weighted by molar-refractivity contribution is 5.34. The highest BCUT2D eigenvalue weighted by Gasteiger charge is 2.32. The zero-order valence-corrected chi connectivity index (χ0v) is 28.5. The number of hydrogen-bond donors (Lipinski definition) is 2. The zero-order valence-electron chi connectivity index (χ0n) is 28.5. The van der Waals surface area contributed by atoms with Gasteiger partial charge < -0.3 is 10.2 Å². The average Bonchev–Trinajstić information content (AvgIpc) is 2.86. The molecule has 2 heteroatoms. The minimum Gasteiger partial charge on any atom is -0.393 e. The van der Waals surface area contributed by atoms with E-state index in [1.54, 1.807) is 0 Å². The van der Waals surface area contributed by atoms with Crippen molar-refractivity contribution >= 4 is 0 Å². The van der Waals surface area contributed by atoms with E-state index in [4.69, 9.17) is 0 Å². The molecule has 7 atom stereocenters. The number of allylic oxidation sites excluding steroid dienone is 14. The van der Waals surface area contributed by atoms with Crippen LogP contribution in [0.2, 0.25) is 0 Å². The summed E-state index contributed by atoms with van der Waals surface area (Å²) in [6.45, 7) is 22.2. The topological polar surface area (TPSA) is 40.5 Å². The van der Waals surface area contributed by atoms with Gasteiger partial charge in [0, 0.05) is 5.92 Å². The summed E-state index contributed by atoms with van der Waals surface area (Å²) in [5.41, 5.74) is 4.13. The van der Waals surface area contributed by atoms with Gasteiger partial charge in [-0.05, 0) is 84.7 Å². The maximum absolute atomic E-state index is 10.2. The van der Waals surface area contributed by atoms with Crippen LogP contribution in [0, 0.1) is 40.4 Å². The van der Waals surface area contributed by atoms with Crippen LogP contribution in [0.25, 0.3) is 0 Å². The van der Waals surface area contributed by atoms with Crippen molar-refractivity contribution < 1.29 is 10.2 Å². The molecule has 2 nitrogen and oxygen atoms in total. The minimum absolute atomic E-state index is 0.0320. The smallest absolute Gasteiger partial charge is 0.0608 e. The summed E-state index contributed by atoms with van der Waals surface area (Å²) in [5, 5.41) is 20.3. The Hall–Kier alpha value is -2.16. The second kappa shape index (κ2) is 16.6. The monoisotopic (exact) mass is 574 g/mol. The van der Waals surface area contributed by atoms with Crippen LogP contribution in [-0.2, 0) is 0 Å². The Bertz CT molecular complexity index is 1090. The van der Waals surface area contributed by atoms with Crippen LogP contribution in [0.5, 0.6) is 0 Å². The third-order valence-corrected chi connectivity index (χ3v) is 9.06. The van der Waals surface area contributed by atoms with E-state index in [-0.39, 0.29) is 29.0 Å². The lowest BCUT2D eigenvalue weighted by atomic mass is 9.71. The van der Waals surface area contributed by atoms with Crippen LogP contribution in [0.15, 0.2) is 95.7 Å². The fourth-order valence-corrected chi connectivity index (χ4v) is 6.22. The Morgan fingerprint density at radius 3 is 1.95 bits per heavy atom. The molecular formula is C40H62O2. The van der Waals surface area contributed by atoms with Crippen LogP contribution >= 0.6 is 0 Å². The molecular weight excluding hydrogens is 512 g/mol. The normalized spacial score (nSPS) is 28.1. The predicted molar refractivity (Wildman–Crippen MR) is 184 cm³/mol. The van der Waals surface area contributed by atoms with E-state index >= 15 is 0 Å². The van der Waals surface area contributed by atoms with E-state index in [0.29, 0.717) is 23.7 Å². The van der Waals surface area contributed by atoms with Crippen LogP contribution in [0.1, 0.15) is 101 Å². The third-order valence-electron chi connectivity index (χ3n) is 9.06. The van der Waals surface area contributed by atoms with Gasteiger partial charge in [0.1, 0.15) is 0 Å². The Balaban J connectivity index is 1.74. The maximum atomic E-state index is 10.2. The number of hydrogen-bond acceptors (Lipinski definition) is 2. The standard InChI is InChI=1S/C40H62O2/c1-29(17-13-19-31(3)21-23-35-25-34(6)38(42)28-39(35,7)8)15-11-12-16-30(2)18-14-20-32(4)22-24-37-33(5)26-36(41)27-40(37,9)10/h11-17,20-25,29-32,34,36,38,41-42H,18-19,26-28H2,1-10H3/b15-11+,16-12+,17-13+,20-14+,23-21+,24-22+/t29?,30?,31?,32?,34-,36-,38+/m0/s1. The van der Waals surface area contributed by atoms with Gasteiger partial charge >= 0.3 is 0 Å². The summed E-state index contributed by atoms with van der Waals surface area (Å²) in [5.74, 6) is 2.01. The van der Waals surface area contributed by atoms with Crippen molar-refractivity contribution in [2.45, 2.75) is 114 Å². The average molecular weight is 575 g/mol. The number of aliphatic hydroxyl groups is 2. The zero-order chi connectivity index (χ0) is 31.5. The summed E-state index contributed by atoms with van der Waals surface area (Å²) in [6.07, 6.45) is 33.6. The molecule has 0 aromatic rings. The molecule has 2 N–H and O–H groups in total. The van der Waals surface area contributed by atoms with Crippen molar-refractivity contribution in [3.63, 3.8) is 0 Å². The van der Waals surface area contributed by atoms with Gasteiger partial charge in [-0.1, -0.05) is 147 Å². The molecule has 0 bridgehead atoms. The van der Waals surface area contributed by atoms with Crippen LogP contribution in [0.3, 0.4) is 0 Å². The van der Waals surface area contributed by atoms with Gasteiger partial charge in [0.25, 0.3) is 0 Å². The molecule has 2 rings (SSSR count). The van der Waals surface area contributed by atoms with Crippen molar-refractivity contribution in [2.75, 3.05) is 0 Å². The second-order valence-electron chi connectivity index (χ2n) is 14.8. The maximum Gasteiger partial charge on any atom is 0.0608 e. The SMILES string of the molecule is CC1=C(/C=C/C(C)/C=C/CC(C)/C=C/C=C/C(C)/C=C/CC(C)/C=C/C2=C[C@H](C)[C@H](O)CC2(C)C)C(C)(C)C[C@@H](O)C1. The van der Waals surface area contributed by atoms with Crippen molar-refractivity contribution in [2.24, 2.45) is 40.4 Å². The molecule has 0 fully saturated rings. The van der Waals surface area contributed by atoms with E-state index in [9.17, 15) is 10.2 Å². The predicted octanol–water partition coefficient (Wildman–Crippen LogP) is 10.5. The Morgan fingerprint density at radius 1 is 0.762 bits per heavy atom. The lowest BCUT2D eigenvalue weighted by molar-refractivity contribution is 0.0847. The highest BCUT2D eigenvalue weighted by atomic mass is 16.3. The minimum atomic E-state index is -0.233. The molecule has 2 aliphatic rings. The Kier molecular flexibility index (Phi) is 14.3. The summed E-state index contributed by atoms with van der Waals surface area (Å²) in [4.78, 5) is 0. The van der Waals surface area contributed by atoms with E-state index in [1.165, 1.54) is 16.7 Å². The van der Waals surface area contributed by atoms with Gasteiger partial charge in [-0.3, -0.25) is 0 Å². The molecule has 0 aliphatic heterocycles. The van der Waals surface area contributed by atoms with Gasteiger partial charge in [0.15, 0.2) is 0 Å². The molecule has 0 saturated carbocycles. The van der Waals surface area contributed by atoms with Crippen molar-refractivity contribution in [3.05, 3.63) is 95.7 Å². The van der Waals surface area contributed by atoms with E-state index < -0.39 is 0 Å². The van der Waals surface area contributed by atoms with Gasteiger partial charge in [-0.2, -0.15) is 0 Å². The van der Waals surface area contributed by atoms with E-state index in [2.05, 4.69) is 148 Å². The lowest BCUT2D eigenvalue weighted by Crippen LogP contribution is -2.31. The Labute approximate surface area is 259 Å². The molecule has 0 aromatic heterocycles. The van der Waals surface area contributed by atoms with Crippen LogP contribution in [-0.4, -0.2) is 22.4 Å². The number of aliphatic hydroxyl groups excluding tert-OH is 2. The fraction of sp³-hybridized carbons (Fsp3) is 0.600. The summed E-state index contributed by atoms with van der Waals surface area (Å²) < 4.78 is 0. The Morgan fingerprint density at radius 2 is 1.33 bits per heavy atom. The van der Waals surface area contributed by atoms with E-state index in [1.807, 2.05) is 0 Å². The van der Waals surface area contributed by atoms with Gasteiger partial charge in [0.05, 0.1) is 12.2 Å². The summed E-state index contributed by atoms with van der Waals surface area (Å²) in [6, 6.07) is 0. The quantitative estimate of drug-likeness (QED) is 0.170. The molecule has 0 saturated heterocycles. The molecule has 234 valence electrons. The molecule has 0 amide bonds. The van der Waals surface area contributed by atoms with Gasteiger partial charge in [-0.15, -0.1) is 0 Å². The molecule has 0 heterocycles.